The Labute approximate surface area is 133 Å². The zero-order valence-corrected chi connectivity index (χ0v) is 13.4. The van der Waals surface area contributed by atoms with Gasteiger partial charge in [0, 0.05) is 6.42 Å². The summed E-state index contributed by atoms with van der Waals surface area (Å²) in [6, 6.07) is 1.63. The van der Waals surface area contributed by atoms with Crippen molar-refractivity contribution in [3.63, 3.8) is 0 Å². The smallest absolute Gasteiger partial charge is 0.229 e. The fourth-order valence-corrected chi connectivity index (χ4v) is 3.39. The third kappa shape index (κ3) is 2.16. The van der Waals surface area contributed by atoms with E-state index in [2.05, 4.69) is 25.9 Å². The topological polar surface area (TPSA) is 56.5 Å². The molecule has 2 aromatic heterocycles. The minimum absolute atomic E-state index is 0.243. The molecule has 0 aliphatic heterocycles. The molecule has 0 radical (unpaired) electrons. The Kier molecular flexibility index (Phi) is 3.81. The predicted molar refractivity (Wildman–Crippen MR) is 81.4 cm³/mol. The second kappa shape index (κ2) is 5.44. The first-order valence-electron chi connectivity index (χ1n) is 5.84. The number of fused-ring (bicyclic) bond motifs is 1. The summed E-state index contributed by atoms with van der Waals surface area (Å²) in [6.45, 7) is 2.05. The minimum Gasteiger partial charge on any atom is -0.266 e. The van der Waals surface area contributed by atoms with Gasteiger partial charge in [0.1, 0.15) is 16.9 Å². The van der Waals surface area contributed by atoms with Gasteiger partial charge in [0.2, 0.25) is 5.28 Å². The molecule has 0 saturated carbocycles. The van der Waals surface area contributed by atoms with Crippen molar-refractivity contribution in [1.29, 1.82) is 0 Å². The molecule has 0 bridgehead atoms. The van der Waals surface area contributed by atoms with Crippen LogP contribution in [0, 0.1) is 0 Å². The van der Waals surface area contributed by atoms with Crippen LogP contribution in [-0.2, 0) is 6.42 Å². The Bertz CT molecular complexity index is 782. The van der Waals surface area contributed by atoms with Crippen molar-refractivity contribution in [2.24, 2.45) is 0 Å². The standard InChI is InChI=1S/C11H8Cl3N5S/c1-2-3-7-15-16-11(14)19(7)10-6(13)4-5(12)8-9(10)18-20-17-8/h4H,2-3H2,1H3. The lowest BCUT2D eigenvalue weighted by Gasteiger charge is -2.10. The van der Waals surface area contributed by atoms with Crippen molar-refractivity contribution in [2.45, 2.75) is 19.8 Å². The first-order valence-corrected chi connectivity index (χ1v) is 7.70. The third-order valence-electron chi connectivity index (χ3n) is 2.81. The van der Waals surface area contributed by atoms with Gasteiger partial charge in [-0.3, -0.25) is 4.57 Å². The van der Waals surface area contributed by atoms with Crippen LogP contribution in [-0.4, -0.2) is 23.5 Å². The number of rotatable bonds is 3. The highest BCUT2D eigenvalue weighted by atomic mass is 35.5. The van der Waals surface area contributed by atoms with Crippen LogP contribution in [0.25, 0.3) is 16.7 Å². The number of hydrogen-bond donors (Lipinski definition) is 0. The largest absolute Gasteiger partial charge is 0.266 e. The maximum Gasteiger partial charge on any atom is 0.229 e. The average molecular weight is 349 g/mol. The van der Waals surface area contributed by atoms with E-state index >= 15 is 0 Å². The molecule has 0 aliphatic carbocycles. The SMILES string of the molecule is CCCc1nnc(Cl)n1-c1c(Cl)cc(Cl)c2nsnc12. The zero-order chi connectivity index (χ0) is 14.3. The van der Waals surface area contributed by atoms with Crippen molar-refractivity contribution >= 4 is 57.6 Å². The van der Waals surface area contributed by atoms with E-state index in [0.29, 0.717) is 26.8 Å². The normalized spacial score (nSPS) is 11.4. The van der Waals surface area contributed by atoms with Gasteiger partial charge in [-0.15, -0.1) is 10.2 Å². The highest BCUT2D eigenvalue weighted by molar-refractivity contribution is 7.00. The van der Waals surface area contributed by atoms with Crippen LogP contribution in [0.15, 0.2) is 6.07 Å². The van der Waals surface area contributed by atoms with Gasteiger partial charge in [-0.25, -0.2) is 0 Å². The molecule has 0 spiro atoms. The summed E-state index contributed by atoms with van der Waals surface area (Å²) in [6.07, 6.45) is 1.65. The number of halogens is 3. The van der Waals surface area contributed by atoms with Gasteiger partial charge in [0.25, 0.3) is 0 Å². The molecule has 0 unspecified atom stereocenters. The molecular weight excluding hydrogens is 341 g/mol. The Morgan fingerprint density at radius 2 is 1.85 bits per heavy atom. The van der Waals surface area contributed by atoms with E-state index < -0.39 is 0 Å². The van der Waals surface area contributed by atoms with Crippen molar-refractivity contribution in [1.82, 2.24) is 23.5 Å². The van der Waals surface area contributed by atoms with Crippen LogP contribution < -0.4 is 0 Å². The fourth-order valence-electron chi connectivity index (χ4n) is 1.98. The lowest BCUT2D eigenvalue weighted by Crippen LogP contribution is -2.03. The Morgan fingerprint density at radius 1 is 1.10 bits per heavy atom. The molecule has 0 amide bonds. The Morgan fingerprint density at radius 3 is 2.60 bits per heavy atom. The highest BCUT2D eigenvalue weighted by Crippen LogP contribution is 2.35. The van der Waals surface area contributed by atoms with E-state index in [4.69, 9.17) is 34.8 Å². The lowest BCUT2D eigenvalue weighted by atomic mass is 10.2. The summed E-state index contributed by atoms with van der Waals surface area (Å²) in [4.78, 5) is 0. The summed E-state index contributed by atoms with van der Waals surface area (Å²) < 4.78 is 10.1. The summed E-state index contributed by atoms with van der Waals surface area (Å²) in [5.74, 6) is 0.732. The molecule has 5 nitrogen and oxygen atoms in total. The second-order valence-corrected chi connectivity index (χ2v) is 5.80. The summed E-state index contributed by atoms with van der Waals surface area (Å²) in [5, 5.41) is 9.13. The van der Waals surface area contributed by atoms with Crippen LogP contribution in [0.5, 0.6) is 0 Å². The van der Waals surface area contributed by atoms with Gasteiger partial charge in [-0.2, -0.15) is 8.75 Å². The van der Waals surface area contributed by atoms with Crippen LogP contribution in [0.2, 0.25) is 15.3 Å². The molecule has 104 valence electrons. The number of aromatic nitrogens is 5. The molecule has 20 heavy (non-hydrogen) atoms. The minimum atomic E-state index is 0.243. The molecule has 0 fully saturated rings. The van der Waals surface area contributed by atoms with Crippen molar-refractivity contribution in [3.05, 3.63) is 27.2 Å². The number of nitrogens with zero attached hydrogens (tertiary/aromatic N) is 5. The first kappa shape index (κ1) is 14.0. The second-order valence-electron chi connectivity index (χ2n) is 4.12. The van der Waals surface area contributed by atoms with E-state index in [-0.39, 0.29) is 5.28 Å². The van der Waals surface area contributed by atoms with Gasteiger partial charge >= 0.3 is 0 Å². The Balaban J connectivity index is 2.35. The van der Waals surface area contributed by atoms with Crippen molar-refractivity contribution in [2.75, 3.05) is 0 Å². The molecule has 1 aromatic carbocycles. The molecule has 3 rings (SSSR count). The quantitative estimate of drug-likeness (QED) is 0.712. The molecule has 2 heterocycles. The average Bonchev–Trinajstić information content (AvgIpc) is 3.00. The van der Waals surface area contributed by atoms with E-state index in [0.717, 1.165) is 30.4 Å². The van der Waals surface area contributed by atoms with E-state index in [9.17, 15) is 0 Å². The zero-order valence-electron chi connectivity index (χ0n) is 10.3. The van der Waals surface area contributed by atoms with E-state index in [1.54, 1.807) is 10.6 Å². The van der Waals surface area contributed by atoms with Gasteiger partial charge in [0.05, 0.1) is 27.5 Å². The number of benzene rings is 1. The van der Waals surface area contributed by atoms with Crippen molar-refractivity contribution in [3.8, 4) is 5.69 Å². The molecule has 0 N–H and O–H groups in total. The maximum atomic E-state index is 6.32. The van der Waals surface area contributed by atoms with Crippen molar-refractivity contribution < 1.29 is 0 Å². The molecule has 9 heteroatoms. The molecule has 0 atom stereocenters. The van der Waals surface area contributed by atoms with E-state index in [1.165, 1.54) is 0 Å². The molecule has 0 aliphatic rings. The summed E-state index contributed by atoms with van der Waals surface area (Å²) in [5.41, 5.74) is 1.83. The lowest BCUT2D eigenvalue weighted by molar-refractivity contribution is 0.804. The summed E-state index contributed by atoms with van der Waals surface area (Å²) in [7, 11) is 0. The van der Waals surface area contributed by atoms with E-state index in [1.807, 2.05) is 0 Å². The van der Waals surface area contributed by atoms with Crippen LogP contribution in [0.3, 0.4) is 0 Å². The predicted octanol–water partition coefficient (Wildman–Crippen LogP) is 4.18. The number of hydrogen-bond acceptors (Lipinski definition) is 5. The van der Waals surface area contributed by atoms with Gasteiger partial charge in [-0.05, 0) is 24.1 Å². The monoisotopic (exact) mass is 347 g/mol. The number of aryl methyl sites for hydroxylation is 1. The Hall–Kier alpha value is -0.950. The summed E-state index contributed by atoms with van der Waals surface area (Å²) >= 11 is 19.7. The third-order valence-corrected chi connectivity index (χ3v) is 4.16. The first-order chi connectivity index (χ1) is 9.63. The van der Waals surface area contributed by atoms with Gasteiger partial charge in [-0.1, -0.05) is 30.1 Å². The van der Waals surface area contributed by atoms with Crippen LogP contribution >= 0.6 is 46.5 Å². The molecular formula is C11H8Cl3N5S. The molecule has 3 aromatic rings. The van der Waals surface area contributed by atoms with Gasteiger partial charge in [0.15, 0.2) is 0 Å². The highest BCUT2D eigenvalue weighted by Gasteiger charge is 2.20. The molecule has 0 saturated heterocycles. The van der Waals surface area contributed by atoms with Gasteiger partial charge < -0.3 is 0 Å². The van der Waals surface area contributed by atoms with Crippen LogP contribution in [0.4, 0.5) is 0 Å². The fraction of sp³-hybridized carbons (Fsp3) is 0.273. The maximum absolute atomic E-state index is 6.32. The van der Waals surface area contributed by atoms with Crippen LogP contribution in [0.1, 0.15) is 19.2 Å².